The summed E-state index contributed by atoms with van der Waals surface area (Å²) in [6.45, 7) is 4.14. The largest absolute Gasteiger partial charge is 0.368 e. The summed E-state index contributed by atoms with van der Waals surface area (Å²) in [5, 5.41) is 4.02. The quantitative estimate of drug-likeness (QED) is 0.877. The van der Waals surface area contributed by atoms with Gasteiger partial charge in [-0.05, 0) is 18.8 Å². The molecular weight excluding hydrogens is 256 g/mol. The van der Waals surface area contributed by atoms with Crippen LogP contribution < -0.4 is 10.6 Å². The Morgan fingerprint density at radius 1 is 1.30 bits per heavy atom. The number of aromatic nitrogens is 6. The minimum Gasteiger partial charge on any atom is -0.368 e. The minimum absolute atomic E-state index is 0.208. The Morgan fingerprint density at radius 2 is 2.15 bits per heavy atom. The first-order chi connectivity index (χ1) is 9.76. The molecule has 0 radical (unpaired) electrons. The van der Waals surface area contributed by atoms with Crippen molar-refractivity contribution in [2.24, 2.45) is 5.92 Å². The van der Waals surface area contributed by atoms with Crippen LogP contribution in [0.3, 0.4) is 0 Å². The lowest BCUT2D eigenvalue weighted by atomic mass is 9.96. The van der Waals surface area contributed by atoms with E-state index in [1.807, 2.05) is 0 Å². The SMILES string of the molecule is CCC1CCCN(c2nc(N)nc(-n3cncn3)n2)C1. The smallest absolute Gasteiger partial charge is 0.258 e. The highest BCUT2D eigenvalue weighted by Gasteiger charge is 2.21. The summed E-state index contributed by atoms with van der Waals surface area (Å²) < 4.78 is 1.49. The molecule has 1 aliphatic rings. The molecule has 2 N–H and O–H groups in total. The van der Waals surface area contributed by atoms with E-state index in [0.29, 0.717) is 17.8 Å². The van der Waals surface area contributed by atoms with Crippen molar-refractivity contribution in [1.29, 1.82) is 0 Å². The second-order valence-electron chi connectivity index (χ2n) is 5.00. The molecule has 8 nitrogen and oxygen atoms in total. The average molecular weight is 274 g/mol. The molecule has 3 rings (SSSR count). The van der Waals surface area contributed by atoms with Crippen LogP contribution >= 0.6 is 0 Å². The van der Waals surface area contributed by atoms with Gasteiger partial charge in [-0.2, -0.15) is 24.7 Å². The van der Waals surface area contributed by atoms with Gasteiger partial charge in [0.05, 0.1) is 0 Å². The molecule has 0 aromatic carbocycles. The number of anilines is 2. The van der Waals surface area contributed by atoms with Gasteiger partial charge in [0.15, 0.2) is 0 Å². The van der Waals surface area contributed by atoms with Crippen LogP contribution in [-0.2, 0) is 0 Å². The van der Waals surface area contributed by atoms with Crippen molar-refractivity contribution in [3.05, 3.63) is 12.7 Å². The molecule has 0 aliphatic carbocycles. The zero-order valence-corrected chi connectivity index (χ0v) is 11.5. The highest BCUT2D eigenvalue weighted by atomic mass is 15.4. The fraction of sp³-hybridized carbons (Fsp3) is 0.583. The van der Waals surface area contributed by atoms with Gasteiger partial charge in [0.1, 0.15) is 12.7 Å². The Labute approximate surface area is 117 Å². The molecule has 1 saturated heterocycles. The van der Waals surface area contributed by atoms with Crippen molar-refractivity contribution in [2.75, 3.05) is 23.7 Å². The summed E-state index contributed by atoms with van der Waals surface area (Å²) in [4.78, 5) is 18.9. The molecule has 2 aromatic rings. The van der Waals surface area contributed by atoms with Crippen molar-refractivity contribution in [3.8, 4) is 5.95 Å². The predicted molar refractivity (Wildman–Crippen MR) is 74.4 cm³/mol. The first kappa shape index (κ1) is 12.8. The normalized spacial score (nSPS) is 19.2. The van der Waals surface area contributed by atoms with E-state index in [1.165, 1.54) is 23.9 Å². The summed E-state index contributed by atoms with van der Waals surface area (Å²) in [5.41, 5.74) is 5.79. The molecule has 1 atom stereocenters. The first-order valence-electron chi connectivity index (χ1n) is 6.87. The molecule has 8 heteroatoms. The summed E-state index contributed by atoms with van der Waals surface area (Å²) in [5.74, 6) is 1.93. The summed E-state index contributed by atoms with van der Waals surface area (Å²) in [7, 11) is 0. The molecule has 106 valence electrons. The molecule has 3 heterocycles. The van der Waals surface area contributed by atoms with Crippen molar-refractivity contribution in [3.63, 3.8) is 0 Å². The second-order valence-corrected chi connectivity index (χ2v) is 5.00. The first-order valence-corrected chi connectivity index (χ1v) is 6.87. The molecule has 2 aromatic heterocycles. The number of hydrogen-bond donors (Lipinski definition) is 1. The van der Waals surface area contributed by atoms with Gasteiger partial charge in [0, 0.05) is 13.1 Å². The van der Waals surface area contributed by atoms with Crippen LogP contribution in [0.4, 0.5) is 11.9 Å². The maximum Gasteiger partial charge on any atom is 0.258 e. The molecule has 0 bridgehead atoms. The molecule has 0 amide bonds. The number of rotatable bonds is 3. The Bertz CT molecular complexity index is 567. The van der Waals surface area contributed by atoms with Crippen LogP contribution in [0, 0.1) is 5.92 Å². The monoisotopic (exact) mass is 274 g/mol. The van der Waals surface area contributed by atoms with Gasteiger partial charge in [-0.15, -0.1) is 0 Å². The Balaban J connectivity index is 1.89. The van der Waals surface area contributed by atoms with E-state index in [-0.39, 0.29) is 5.95 Å². The maximum atomic E-state index is 5.79. The van der Waals surface area contributed by atoms with E-state index in [9.17, 15) is 0 Å². The van der Waals surface area contributed by atoms with Crippen LogP contribution in [0.2, 0.25) is 0 Å². The number of nitrogens with two attached hydrogens (primary N) is 1. The molecule has 1 unspecified atom stereocenters. The van der Waals surface area contributed by atoms with Crippen LogP contribution in [0.1, 0.15) is 26.2 Å². The summed E-state index contributed by atoms with van der Waals surface area (Å²) in [6.07, 6.45) is 6.58. The molecule has 1 fully saturated rings. The summed E-state index contributed by atoms with van der Waals surface area (Å²) in [6, 6.07) is 0. The van der Waals surface area contributed by atoms with Crippen molar-refractivity contribution in [1.82, 2.24) is 29.7 Å². The number of piperidine rings is 1. The van der Waals surface area contributed by atoms with Crippen molar-refractivity contribution >= 4 is 11.9 Å². The predicted octanol–water partition coefficient (Wildman–Crippen LogP) is 0.661. The zero-order valence-electron chi connectivity index (χ0n) is 11.5. The maximum absolute atomic E-state index is 5.79. The van der Waals surface area contributed by atoms with E-state index in [0.717, 1.165) is 19.5 Å². The van der Waals surface area contributed by atoms with Gasteiger partial charge in [-0.25, -0.2) is 4.98 Å². The lowest BCUT2D eigenvalue weighted by Gasteiger charge is -2.32. The van der Waals surface area contributed by atoms with Gasteiger partial charge in [0.2, 0.25) is 11.9 Å². The van der Waals surface area contributed by atoms with Crippen LogP contribution in [-0.4, -0.2) is 42.8 Å². The van der Waals surface area contributed by atoms with Gasteiger partial charge >= 0.3 is 0 Å². The minimum atomic E-state index is 0.208. The molecule has 20 heavy (non-hydrogen) atoms. The number of nitrogen functional groups attached to an aromatic ring is 1. The zero-order chi connectivity index (χ0) is 13.9. The Kier molecular flexibility index (Phi) is 3.44. The average Bonchev–Trinajstić information content (AvgIpc) is 3.01. The van der Waals surface area contributed by atoms with Crippen LogP contribution in [0.15, 0.2) is 12.7 Å². The summed E-state index contributed by atoms with van der Waals surface area (Å²) >= 11 is 0. The Hall–Kier alpha value is -2.25. The van der Waals surface area contributed by atoms with Crippen LogP contribution in [0.5, 0.6) is 0 Å². The molecule has 1 aliphatic heterocycles. The van der Waals surface area contributed by atoms with Gasteiger partial charge in [-0.1, -0.05) is 13.3 Å². The lowest BCUT2D eigenvalue weighted by Crippen LogP contribution is -2.36. The van der Waals surface area contributed by atoms with Gasteiger partial charge < -0.3 is 10.6 Å². The van der Waals surface area contributed by atoms with Gasteiger partial charge in [-0.3, -0.25) is 0 Å². The fourth-order valence-electron chi connectivity index (χ4n) is 2.50. The van der Waals surface area contributed by atoms with Crippen molar-refractivity contribution in [2.45, 2.75) is 26.2 Å². The Morgan fingerprint density at radius 3 is 2.90 bits per heavy atom. The highest BCUT2D eigenvalue weighted by Crippen LogP contribution is 2.23. The highest BCUT2D eigenvalue weighted by molar-refractivity contribution is 5.38. The van der Waals surface area contributed by atoms with E-state index in [1.54, 1.807) is 6.33 Å². The molecule has 0 saturated carbocycles. The van der Waals surface area contributed by atoms with Crippen LogP contribution in [0.25, 0.3) is 5.95 Å². The molecular formula is C12H18N8. The third-order valence-electron chi connectivity index (χ3n) is 3.63. The van der Waals surface area contributed by atoms with Crippen molar-refractivity contribution < 1.29 is 0 Å². The third kappa shape index (κ3) is 2.54. The fourth-order valence-corrected chi connectivity index (χ4v) is 2.50. The topological polar surface area (TPSA) is 98.6 Å². The number of nitrogens with zero attached hydrogens (tertiary/aromatic N) is 7. The van der Waals surface area contributed by atoms with E-state index < -0.39 is 0 Å². The molecule has 0 spiro atoms. The lowest BCUT2D eigenvalue weighted by molar-refractivity contribution is 0.401. The van der Waals surface area contributed by atoms with E-state index in [2.05, 4.69) is 36.9 Å². The van der Waals surface area contributed by atoms with E-state index in [4.69, 9.17) is 5.73 Å². The van der Waals surface area contributed by atoms with E-state index >= 15 is 0 Å². The second kappa shape index (κ2) is 5.40. The third-order valence-corrected chi connectivity index (χ3v) is 3.63. The van der Waals surface area contributed by atoms with Gasteiger partial charge in [0.25, 0.3) is 5.95 Å². The number of hydrogen-bond acceptors (Lipinski definition) is 7. The standard InChI is InChI=1S/C12H18N8/c1-2-9-4-3-5-19(6-9)11-16-10(13)17-12(18-11)20-8-14-7-15-20/h7-9H,2-6H2,1H3,(H2,13,16,17,18).